The van der Waals surface area contributed by atoms with Gasteiger partial charge in [-0.15, -0.1) is 0 Å². The standard InChI is InChI=1S/C14H18O2S/c1-16-14(15)11-13-8-6-5-7-12(13)9-10-17(2,3)4/h5-8H,11H2,1-4H3. The third-order valence-corrected chi connectivity index (χ3v) is 2.79. The van der Waals surface area contributed by atoms with Crippen molar-refractivity contribution in [3.8, 4) is 11.2 Å². The molecule has 0 aliphatic rings. The minimum Gasteiger partial charge on any atom is -0.469 e. The lowest BCUT2D eigenvalue weighted by atomic mass is 10.1. The molecule has 0 fully saturated rings. The summed E-state index contributed by atoms with van der Waals surface area (Å²) in [6.45, 7) is 0. The number of benzene rings is 1. The number of hydrogen-bond acceptors (Lipinski definition) is 2. The second-order valence-electron chi connectivity index (χ2n) is 4.47. The summed E-state index contributed by atoms with van der Waals surface area (Å²) >= 11 is 0. The molecule has 0 spiro atoms. The van der Waals surface area contributed by atoms with Gasteiger partial charge in [0.15, 0.2) is 0 Å². The lowest BCUT2D eigenvalue weighted by Gasteiger charge is -2.15. The predicted molar refractivity (Wildman–Crippen MR) is 74.4 cm³/mol. The highest BCUT2D eigenvalue weighted by molar-refractivity contribution is 8.35. The van der Waals surface area contributed by atoms with E-state index in [2.05, 4.69) is 34.7 Å². The van der Waals surface area contributed by atoms with Gasteiger partial charge < -0.3 is 4.74 Å². The highest BCUT2D eigenvalue weighted by Crippen LogP contribution is 2.32. The molecule has 17 heavy (non-hydrogen) atoms. The van der Waals surface area contributed by atoms with E-state index in [9.17, 15) is 4.79 Å². The molecule has 0 saturated carbocycles. The Labute approximate surface area is 105 Å². The summed E-state index contributed by atoms with van der Waals surface area (Å²) in [5.74, 6) is 2.93. The van der Waals surface area contributed by atoms with Crippen LogP contribution in [0.5, 0.6) is 0 Å². The molecule has 92 valence electrons. The van der Waals surface area contributed by atoms with Gasteiger partial charge in [0.1, 0.15) is 0 Å². The van der Waals surface area contributed by atoms with Crippen LogP contribution in [0.3, 0.4) is 0 Å². The van der Waals surface area contributed by atoms with Crippen LogP contribution in [0.1, 0.15) is 11.1 Å². The van der Waals surface area contributed by atoms with Crippen LogP contribution in [-0.4, -0.2) is 31.8 Å². The monoisotopic (exact) mass is 250 g/mol. The number of carbonyl (C=O) groups is 1. The molecule has 0 amide bonds. The van der Waals surface area contributed by atoms with Crippen LogP contribution >= 0.6 is 10.0 Å². The van der Waals surface area contributed by atoms with Crippen molar-refractivity contribution < 1.29 is 9.53 Å². The van der Waals surface area contributed by atoms with Crippen LogP contribution in [0.4, 0.5) is 0 Å². The van der Waals surface area contributed by atoms with E-state index in [0.717, 1.165) is 11.1 Å². The van der Waals surface area contributed by atoms with Gasteiger partial charge in [0.2, 0.25) is 0 Å². The van der Waals surface area contributed by atoms with Gasteiger partial charge in [-0.2, -0.15) is 10.0 Å². The van der Waals surface area contributed by atoms with Gasteiger partial charge in [-0.05, 0) is 35.6 Å². The number of methoxy groups -OCH3 is 1. The molecule has 0 aromatic heterocycles. The minimum absolute atomic E-state index is 0.234. The highest BCUT2D eigenvalue weighted by Gasteiger charge is 2.06. The third-order valence-electron chi connectivity index (χ3n) is 2.07. The molecule has 1 rings (SSSR count). The molecule has 3 heteroatoms. The summed E-state index contributed by atoms with van der Waals surface area (Å²) in [5.41, 5.74) is 1.84. The molecule has 0 bridgehead atoms. The van der Waals surface area contributed by atoms with Gasteiger partial charge in [-0.3, -0.25) is 4.79 Å². The van der Waals surface area contributed by atoms with Crippen LogP contribution in [0.15, 0.2) is 24.3 Å². The maximum absolute atomic E-state index is 11.3. The van der Waals surface area contributed by atoms with E-state index in [0.29, 0.717) is 0 Å². The van der Waals surface area contributed by atoms with Crippen LogP contribution in [0.25, 0.3) is 0 Å². The second kappa shape index (κ2) is 5.79. The van der Waals surface area contributed by atoms with Crippen LogP contribution in [0, 0.1) is 11.2 Å². The van der Waals surface area contributed by atoms with Crippen LogP contribution in [0.2, 0.25) is 0 Å². The first-order chi connectivity index (χ1) is 7.92. The van der Waals surface area contributed by atoms with Gasteiger partial charge in [-0.25, -0.2) is 0 Å². The van der Waals surface area contributed by atoms with Crippen molar-refractivity contribution in [3.05, 3.63) is 35.4 Å². The molecule has 0 aliphatic carbocycles. The Morgan fingerprint density at radius 1 is 1.29 bits per heavy atom. The molecule has 1 aromatic rings. The quantitative estimate of drug-likeness (QED) is 0.595. The van der Waals surface area contributed by atoms with E-state index in [4.69, 9.17) is 0 Å². The average molecular weight is 250 g/mol. The Balaban J connectivity index is 2.99. The molecule has 0 heterocycles. The highest BCUT2D eigenvalue weighted by atomic mass is 32.3. The molecule has 0 N–H and O–H groups in total. The molecule has 0 unspecified atom stereocenters. The molecule has 2 nitrogen and oxygen atoms in total. The van der Waals surface area contributed by atoms with Gasteiger partial charge in [0.25, 0.3) is 0 Å². The molecule has 0 atom stereocenters. The van der Waals surface area contributed by atoms with Gasteiger partial charge in [-0.1, -0.05) is 24.1 Å². The largest absolute Gasteiger partial charge is 0.469 e. The van der Waals surface area contributed by atoms with Gasteiger partial charge >= 0.3 is 5.97 Å². The molecule has 0 saturated heterocycles. The Morgan fingerprint density at radius 2 is 1.94 bits per heavy atom. The van der Waals surface area contributed by atoms with Crippen molar-refractivity contribution in [2.75, 3.05) is 25.9 Å². The van der Waals surface area contributed by atoms with Crippen molar-refractivity contribution >= 4 is 16.0 Å². The molecular formula is C14H18O2S. The fourth-order valence-electron chi connectivity index (χ4n) is 1.23. The number of esters is 1. The number of rotatable bonds is 2. The van der Waals surface area contributed by atoms with Crippen molar-refractivity contribution in [3.63, 3.8) is 0 Å². The lowest BCUT2D eigenvalue weighted by Crippen LogP contribution is -2.05. The van der Waals surface area contributed by atoms with Gasteiger partial charge in [0.05, 0.1) is 13.5 Å². The first-order valence-electron chi connectivity index (χ1n) is 5.28. The van der Waals surface area contributed by atoms with E-state index in [1.807, 2.05) is 24.3 Å². The Bertz CT molecular complexity index is 461. The van der Waals surface area contributed by atoms with Crippen LogP contribution in [-0.2, 0) is 16.0 Å². The molecular weight excluding hydrogens is 232 g/mol. The molecule has 0 aliphatic heterocycles. The van der Waals surface area contributed by atoms with E-state index < -0.39 is 10.0 Å². The topological polar surface area (TPSA) is 26.3 Å². The SMILES string of the molecule is COC(=O)Cc1ccccc1C#CS(C)(C)C. The summed E-state index contributed by atoms with van der Waals surface area (Å²) in [6, 6.07) is 7.70. The number of ether oxygens (including phenoxy) is 1. The fourth-order valence-corrected chi connectivity index (χ4v) is 1.65. The maximum Gasteiger partial charge on any atom is 0.310 e. The summed E-state index contributed by atoms with van der Waals surface area (Å²) in [4.78, 5) is 11.3. The van der Waals surface area contributed by atoms with Crippen molar-refractivity contribution in [2.45, 2.75) is 6.42 Å². The lowest BCUT2D eigenvalue weighted by molar-refractivity contribution is -0.139. The van der Waals surface area contributed by atoms with E-state index >= 15 is 0 Å². The zero-order valence-corrected chi connectivity index (χ0v) is 11.6. The van der Waals surface area contributed by atoms with Crippen molar-refractivity contribution in [2.24, 2.45) is 0 Å². The Hall–Kier alpha value is -1.40. The van der Waals surface area contributed by atoms with Gasteiger partial charge in [0, 0.05) is 5.56 Å². The smallest absolute Gasteiger partial charge is 0.310 e. The van der Waals surface area contributed by atoms with E-state index in [-0.39, 0.29) is 12.4 Å². The zero-order chi connectivity index (χ0) is 12.9. The zero-order valence-electron chi connectivity index (χ0n) is 10.7. The van der Waals surface area contributed by atoms with Crippen molar-refractivity contribution in [1.29, 1.82) is 0 Å². The fraction of sp³-hybridized carbons (Fsp3) is 0.357. The van der Waals surface area contributed by atoms with E-state index in [1.54, 1.807) is 0 Å². The summed E-state index contributed by atoms with van der Waals surface area (Å²) < 4.78 is 4.67. The molecule has 0 radical (unpaired) electrons. The maximum atomic E-state index is 11.3. The Morgan fingerprint density at radius 3 is 2.53 bits per heavy atom. The van der Waals surface area contributed by atoms with Crippen molar-refractivity contribution in [1.82, 2.24) is 0 Å². The third kappa shape index (κ3) is 4.97. The normalized spacial score (nSPS) is 11.3. The number of hydrogen-bond donors (Lipinski definition) is 0. The minimum atomic E-state index is -0.850. The first-order valence-corrected chi connectivity index (χ1v) is 8.14. The second-order valence-corrected chi connectivity index (χ2v) is 8.35. The predicted octanol–water partition coefficient (Wildman–Crippen LogP) is 2.41. The van der Waals surface area contributed by atoms with Crippen LogP contribution < -0.4 is 0 Å². The summed E-state index contributed by atoms with van der Waals surface area (Å²) in [5, 5.41) is 3.25. The average Bonchev–Trinajstić information content (AvgIpc) is 2.26. The Kier molecular flexibility index (Phi) is 4.65. The summed E-state index contributed by atoms with van der Waals surface area (Å²) in [6.07, 6.45) is 6.70. The number of carbonyl (C=O) groups excluding carboxylic acids is 1. The summed E-state index contributed by atoms with van der Waals surface area (Å²) in [7, 11) is 0.548. The first kappa shape index (κ1) is 13.7. The van der Waals surface area contributed by atoms with E-state index in [1.165, 1.54) is 7.11 Å². The molecule has 1 aromatic carbocycles.